The van der Waals surface area contributed by atoms with E-state index in [-0.39, 0.29) is 35.0 Å². The predicted molar refractivity (Wildman–Crippen MR) is 109 cm³/mol. The van der Waals surface area contributed by atoms with Gasteiger partial charge in [0.2, 0.25) is 5.91 Å². The molecule has 1 fully saturated rings. The van der Waals surface area contributed by atoms with Gasteiger partial charge in [-0.15, -0.1) is 0 Å². The molecular formula is C21H24ClN3O3. The number of piperidine rings is 1. The Kier molecular flexibility index (Phi) is 6.19. The monoisotopic (exact) mass is 401 g/mol. The van der Waals surface area contributed by atoms with Gasteiger partial charge < -0.3 is 15.3 Å². The van der Waals surface area contributed by atoms with E-state index < -0.39 is 0 Å². The van der Waals surface area contributed by atoms with Crippen LogP contribution in [0.5, 0.6) is 5.75 Å². The number of anilines is 1. The van der Waals surface area contributed by atoms with Gasteiger partial charge in [-0.25, -0.2) is 4.98 Å². The van der Waals surface area contributed by atoms with Gasteiger partial charge in [-0.1, -0.05) is 31.5 Å². The Morgan fingerprint density at radius 2 is 2.07 bits per heavy atom. The summed E-state index contributed by atoms with van der Waals surface area (Å²) < 4.78 is 0. The molecule has 1 saturated heterocycles. The number of amides is 2. The van der Waals surface area contributed by atoms with Gasteiger partial charge in [0, 0.05) is 19.3 Å². The number of hydrogen-bond donors (Lipinski definition) is 2. The zero-order valence-corrected chi connectivity index (χ0v) is 16.7. The van der Waals surface area contributed by atoms with Crippen molar-refractivity contribution < 1.29 is 14.7 Å². The molecule has 7 heteroatoms. The molecule has 1 aliphatic rings. The van der Waals surface area contributed by atoms with Crippen LogP contribution in [-0.2, 0) is 4.79 Å². The van der Waals surface area contributed by atoms with Gasteiger partial charge in [-0.3, -0.25) is 9.59 Å². The number of carbonyl (C=O) groups is 2. The van der Waals surface area contributed by atoms with Gasteiger partial charge in [0.05, 0.1) is 16.5 Å². The van der Waals surface area contributed by atoms with Crippen LogP contribution in [0.3, 0.4) is 0 Å². The van der Waals surface area contributed by atoms with Crippen LogP contribution in [0.2, 0.25) is 5.02 Å². The lowest BCUT2D eigenvalue weighted by molar-refractivity contribution is -0.121. The fraction of sp³-hybridized carbons (Fsp3) is 0.381. The molecule has 0 aliphatic carbocycles. The second kappa shape index (κ2) is 8.61. The number of pyridine rings is 1. The van der Waals surface area contributed by atoms with Gasteiger partial charge in [0.1, 0.15) is 11.6 Å². The molecule has 28 heavy (non-hydrogen) atoms. The van der Waals surface area contributed by atoms with E-state index in [1.54, 1.807) is 29.2 Å². The highest BCUT2D eigenvalue weighted by atomic mass is 35.5. The summed E-state index contributed by atoms with van der Waals surface area (Å²) in [5, 5.41) is 13.4. The molecule has 2 aromatic rings. The van der Waals surface area contributed by atoms with Crippen LogP contribution >= 0.6 is 11.6 Å². The third-order valence-corrected chi connectivity index (χ3v) is 5.20. The first-order valence-corrected chi connectivity index (χ1v) is 9.77. The van der Waals surface area contributed by atoms with Crippen LogP contribution < -0.4 is 5.32 Å². The van der Waals surface area contributed by atoms with Crippen molar-refractivity contribution >= 4 is 29.2 Å². The van der Waals surface area contributed by atoms with Crippen molar-refractivity contribution in [3.05, 3.63) is 52.7 Å². The normalized spacial score (nSPS) is 16.9. The Labute approximate surface area is 169 Å². The topological polar surface area (TPSA) is 82.5 Å². The number of carbonyl (C=O) groups excluding carboxylic acids is 2. The number of halogens is 1. The van der Waals surface area contributed by atoms with Gasteiger partial charge in [-0.05, 0) is 48.6 Å². The van der Waals surface area contributed by atoms with E-state index in [4.69, 9.17) is 11.6 Å². The van der Waals surface area contributed by atoms with Gasteiger partial charge in [0.15, 0.2) is 0 Å². The third kappa shape index (κ3) is 4.62. The molecule has 0 spiro atoms. The van der Waals surface area contributed by atoms with Crippen LogP contribution in [0.1, 0.15) is 48.5 Å². The van der Waals surface area contributed by atoms with Crippen molar-refractivity contribution in [2.24, 2.45) is 5.92 Å². The molecule has 1 aromatic carbocycles. The SMILES string of the molecule is CC(C)c1ccc(O)c(C(=O)N2CCCC(C(=O)Nc3ccc(Cl)cn3)C2)c1. The largest absolute Gasteiger partial charge is 0.507 e. The lowest BCUT2D eigenvalue weighted by atomic mass is 9.95. The number of phenols is 1. The van der Waals surface area contributed by atoms with Crippen LogP contribution in [0.15, 0.2) is 36.5 Å². The Morgan fingerprint density at radius 3 is 2.75 bits per heavy atom. The highest BCUT2D eigenvalue weighted by Crippen LogP contribution is 2.27. The van der Waals surface area contributed by atoms with Crippen LogP contribution in [0.25, 0.3) is 0 Å². The number of hydrogen-bond acceptors (Lipinski definition) is 4. The number of nitrogens with one attached hydrogen (secondary N) is 1. The molecule has 1 unspecified atom stereocenters. The lowest BCUT2D eigenvalue weighted by Crippen LogP contribution is -2.43. The minimum absolute atomic E-state index is 0.0358. The summed E-state index contributed by atoms with van der Waals surface area (Å²) in [5.74, 6) is -0.106. The van der Waals surface area contributed by atoms with Gasteiger partial charge in [0.25, 0.3) is 5.91 Å². The summed E-state index contributed by atoms with van der Waals surface area (Å²) in [6.07, 6.45) is 2.89. The second-order valence-corrected chi connectivity index (χ2v) is 7.81. The zero-order chi connectivity index (χ0) is 20.3. The number of aromatic hydroxyl groups is 1. The number of aromatic nitrogens is 1. The summed E-state index contributed by atoms with van der Waals surface area (Å²) in [5.41, 5.74) is 1.27. The van der Waals surface area contributed by atoms with Crippen LogP contribution in [0.4, 0.5) is 5.82 Å². The van der Waals surface area contributed by atoms with Crippen LogP contribution in [-0.4, -0.2) is 39.9 Å². The maximum atomic E-state index is 13.0. The Bertz CT molecular complexity index is 868. The summed E-state index contributed by atoms with van der Waals surface area (Å²) >= 11 is 5.81. The van der Waals surface area contributed by atoms with Crippen molar-refractivity contribution in [2.45, 2.75) is 32.6 Å². The molecule has 2 heterocycles. The van der Waals surface area contributed by atoms with Crippen molar-refractivity contribution in [1.82, 2.24) is 9.88 Å². The Hall–Kier alpha value is -2.60. The fourth-order valence-corrected chi connectivity index (χ4v) is 3.42. The number of rotatable bonds is 4. The average molecular weight is 402 g/mol. The van der Waals surface area contributed by atoms with Crippen LogP contribution in [0, 0.1) is 5.92 Å². The molecule has 3 rings (SSSR count). The first kappa shape index (κ1) is 20.1. The molecule has 1 aromatic heterocycles. The third-order valence-electron chi connectivity index (χ3n) is 4.98. The van der Waals surface area contributed by atoms with E-state index in [1.807, 2.05) is 19.9 Å². The summed E-state index contributed by atoms with van der Waals surface area (Å²) in [6.45, 7) is 4.94. The number of nitrogens with zero attached hydrogens (tertiary/aromatic N) is 2. The minimum atomic E-state index is -0.328. The van der Waals surface area contributed by atoms with E-state index in [9.17, 15) is 14.7 Å². The van der Waals surface area contributed by atoms with E-state index in [1.165, 1.54) is 6.20 Å². The van der Waals surface area contributed by atoms with E-state index in [0.717, 1.165) is 12.0 Å². The minimum Gasteiger partial charge on any atom is -0.507 e. The summed E-state index contributed by atoms with van der Waals surface area (Å²) in [4.78, 5) is 31.3. The Morgan fingerprint density at radius 1 is 1.29 bits per heavy atom. The molecule has 1 aliphatic heterocycles. The maximum absolute atomic E-state index is 13.0. The molecule has 2 amide bonds. The molecule has 0 saturated carbocycles. The smallest absolute Gasteiger partial charge is 0.257 e. The number of benzene rings is 1. The van der Waals surface area contributed by atoms with E-state index >= 15 is 0 Å². The quantitative estimate of drug-likeness (QED) is 0.809. The van der Waals surface area contributed by atoms with Crippen molar-refractivity contribution in [3.63, 3.8) is 0 Å². The molecule has 6 nitrogen and oxygen atoms in total. The first-order valence-electron chi connectivity index (χ1n) is 9.39. The van der Waals surface area contributed by atoms with E-state index in [2.05, 4.69) is 10.3 Å². The van der Waals surface area contributed by atoms with Crippen molar-refractivity contribution in [3.8, 4) is 5.75 Å². The highest BCUT2D eigenvalue weighted by molar-refractivity contribution is 6.30. The summed E-state index contributed by atoms with van der Waals surface area (Å²) in [6, 6.07) is 8.42. The number of likely N-dealkylation sites (tertiary alicyclic amines) is 1. The average Bonchev–Trinajstić information content (AvgIpc) is 2.69. The fourth-order valence-electron chi connectivity index (χ4n) is 3.31. The molecule has 2 N–H and O–H groups in total. The second-order valence-electron chi connectivity index (χ2n) is 7.37. The zero-order valence-electron chi connectivity index (χ0n) is 16.0. The van der Waals surface area contributed by atoms with Gasteiger partial charge >= 0.3 is 0 Å². The van der Waals surface area contributed by atoms with Gasteiger partial charge in [-0.2, -0.15) is 0 Å². The first-order chi connectivity index (χ1) is 13.3. The predicted octanol–water partition coefficient (Wildman–Crippen LogP) is 4.05. The molecule has 0 bridgehead atoms. The van der Waals surface area contributed by atoms with Crippen molar-refractivity contribution in [2.75, 3.05) is 18.4 Å². The molecule has 148 valence electrons. The highest BCUT2D eigenvalue weighted by Gasteiger charge is 2.30. The summed E-state index contributed by atoms with van der Waals surface area (Å²) in [7, 11) is 0. The lowest BCUT2D eigenvalue weighted by Gasteiger charge is -2.32. The number of phenolic OH excluding ortho intramolecular Hbond substituents is 1. The Balaban J connectivity index is 1.70. The molecule has 0 radical (unpaired) electrons. The van der Waals surface area contributed by atoms with E-state index in [0.29, 0.717) is 30.4 Å². The maximum Gasteiger partial charge on any atom is 0.257 e. The molecular weight excluding hydrogens is 378 g/mol. The standard InChI is InChI=1S/C21H24ClN3O3/c1-13(2)14-5-7-18(26)17(10-14)21(28)25-9-3-4-15(12-25)20(27)24-19-8-6-16(22)11-23-19/h5-8,10-11,13,15,26H,3-4,9,12H2,1-2H3,(H,23,24,27). The van der Waals surface area contributed by atoms with Crippen molar-refractivity contribution in [1.29, 1.82) is 0 Å². The molecule has 1 atom stereocenters.